The van der Waals surface area contributed by atoms with Gasteiger partial charge in [-0.3, -0.25) is 4.79 Å². The first kappa shape index (κ1) is 19.1. The minimum absolute atomic E-state index is 0.0788. The number of fused-ring (bicyclic) bond motifs is 4. The van der Waals surface area contributed by atoms with Gasteiger partial charge in [0.1, 0.15) is 0 Å². The summed E-state index contributed by atoms with van der Waals surface area (Å²) in [6.07, 6.45) is 3.36. The number of carbonyl (C=O) groups is 1. The molecule has 0 aromatic heterocycles. The van der Waals surface area contributed by atoms with Crippen molar-refractivity contribution in [2.75, 3.05) is 0 Å². The van der Waals surface area contributed by atoms with E-state index in [1.807, 2.05) is 19.1 Å². The summed E-state index contributed by atoms with van der Waals surface area (Å²) in [6, 6.07) is 19.3. The Morgan fingerprint density at radius 3 is 2.48 bits per heavy atom. The summed E-state index contributed by atoms with van der Waals surface area (Å²) in [5.74, 6) is -0.135. The molecular formula is C26H25NO3S. The zero-order valence-corrected chi connectivity index (χ0v) is 18.3. The zero-order valence-electron chi connectivity index (χ0n) is 17.5. The Morgan fingerprint density at radius 2 is 1.68 bits per heavy atom. The maximum absolute atomic E-state index is 13.7. The molecule has 3 unspecified atom stereocenters. The van der Waals surface area contributed by atoms with E-state index in [9.17, 15) is 13.2 Å². The van der Waals surface area contributed by atoms with Gasteiger partial charge < -0.3 is 0 Å². The highest BCUT2D eigenvalue weighted by atomic mass is 32.2. The molecule has 5 heteroatoms. The van der Waals surface area contributed by atoms with Gasteiger partial charge in [-0.05, 0) is 72.1 Å². The van der Waals surface area contributed by atoms with Crippen molar-refractivity contribution in [3.8, 4) is 0 Å². The predicted molar refractivity (Wildman–Crippen MR) is 120 cm³/mol. The Labute approximate surface area is 182 Å². The van der Waals surface area contributed by atoms with Crippen molar-refractivity contribution in [2.24, 2.45) is 11.8 Å². The molecule has 4 nitrogen and oxygen atoms in total. The number of carbonyl (C=O) groups excluding carboxylic acids is 1. The minimum Gasteiger partial charge on any atom is -0.273 e. The van der Waals surface area contributed by atoms with E-state index in [0.717, 1.165) is 24.8 Å². The molecule has 1 amide bonds. The molecule has 0 N–H and O–H groups in total. The van der Waals surface area contributed by atoms with Crippen molar-refractivity contribution in [1.82, 2.24) is 4.31 Å². The first-order chi connectivity index (χ1) is 15.0. The molecule has 1 saturated carbocycles. The SMILES string of the molecule is Cc1ccc(S(=O)(=O)N2C(=O)C3Cc4c(ccc5ccccc45)[C@H]4CCCC2C34)cc1. The lowest BCUT2D eigenvalue weighted by molar-refractivity contribution is -0.127. The van der Waals surface area contributed by atoms with Crippen LogP contribution in [-0.4, -0.2) is 24.7 Å². The molecule has 3 aliphatic rings. The third-order valence-electron chi connectivity index (χ3n) is 7.70. The lowest BCUT2D eigenvalue weighted by atomic mass is 9.63. The summed E-state index contributed by atoms with van der Waals surface area (Å²) >= 11 is 0. The first-order valence-electron chi connectivity index (χ1n) is 11.1. The molecule has 6 rings (SSSR count). The van der Waals surface area contributed by atoms with Crippen LogP contribution in [0.2, 0.25) is 0 Å². The van der Waals surface area contributed by atoms with Gasteiger partial charge >= 0.3 is 0 Å². The number of hydrogen-bond acceptors (Lipinski definition) is 3. The molecule has 1 aliphatic heterocycles. The second-order valence-electron chi connectivity index (χ2n) is 9.30. The molecule has 1 heterocycles. The second kappa shape index (κ2) is 6.67. The molecule has 3 aromatic rings. The molecule has 0 radical (unpaired) electrons. The maximum atomic E-state index is 13.7. The summed E-state index contributed by atoms with van der Waals surface area (Å²) in [5, 5.41) is 2.38. The van der Waals surface area contributed by atoms with Crippen LogP contribution < -0.4 is 0 Å². The van der Waals surface area contributed by atoms with E-state index in [-0.39, 0.29) is 34.6 Å². The van der Waals surface area contributed by atoms with E-state index in [1.54, 1.807) is 24.3 Å². The molecule has 2 fully saturated rings. The molecule has 158 valence electrons. The summed E-state index contributed by atoms with van der Waals surface area (Å²) in [4.78, 5) is 13.9. The van der Waals surface area contributed by atoms with Crippen LogP contribution in [0.1, 0.15) is 41.9 Å². The van der Waals surface area contributed by atoms with E-state index >= 15 is 0 Å². The number of amides is 1. The number of rotatable bonds is 2. The van der Waals surface area contributed by atoms with Gasteiger partial charge in [-0.1, -0.05) is 60.5 Å². The highest BCUT2D eigenvalue weighted by Crippen LogP contribution is 2.55. The molecule has 3 aromatic carbocycles. The van der Waals surface area contributed by atoms with Gasteiger partial charge in [0.2, 0.25) is 5.91 Å². The largest absolute Gasteiger partial charge is 0.273 e. The Bertz CT molecular complexity index is 1310. The van der Waals surface area contributed by atoms with Gasteiger partial charge in [-0.25, -0.2) is 12.7 Å². The van der Waals surface area contributed by atoms with Gasteiger partial charge in [0, 0.05) is 5.92 Å². The number of hydrogen-bond donors (Lipinski definition) is 0. The number of sulfonamides is 1. The van der Waals surface area contributed by atoms with Crippen LogP contribution in [0, 0.1) is 18.8 Å². The number of nitrogens with zero attached hydrogens (tertiary/aromatic N) is 1. The third-order valence-corrected chi connectivity index (χ3v) is 9.54. The normalized spacial score (nSPS) is 27.3. The van der Waals surface area contributed by atoms with Gasteiger partial charge in [0.15, 0.2) is 0 Å². The second-order valence-corrected chi connectivity index (χ2v) is 11.1. The molecule has 0 spiro atoms. The summed E-state index contributed by atoms with van der Waals surface area (Å²) in [5.41, 5.74) is 3.57. The molecular weight excluding hydrogens is 406 g/mol. The fourth-order valence-corrected chi connectivity index (χ4v) is 8.05. The van der Waals surface area contributed by atoms with Gasteiger partial charge in [0.05, 0.1) is 10.9 Å². The van der Waals surface area contributed by atoms with Gasteiger partial charge in [-0.2, -0.15) is 0 Å². The topological polar surface area (TPSA) is 54.5 Å². The van der Waals surface area contributed by atoms with Crippen LogP contribution >= 0.6 is 0 Å². The summed E-state index contributed by atoms with van der Waals surface area (Å²) in [6.45, 7) is 1.93. The van der Waals surface area contributed by atoms with E-state index in [4.69, 9.17) is 0 Å². The zero-order chi connectivity index (χ0) is 21.3. The minimum atomic E-state index is -3.86. The fraction of sp³-hybridized carbons (Fsp3) is 0.346. The van der Waals surface area contributed by atoms with Crippen molar-refractivity contribution in [2.45, 2.75) is 49.5 Å². The average Bonchev–Trinajstić information content (AvgIpc) is 3.07. The van der Waals surface area contributed by atoms with Crippen LogP contribution in [0.25, 0.3) is 10.8 Å². The van der Waals surface area contributed by atoms with Crippen LogP contribution in [0.5, 0.6) is 0 Å². The number of benzene rings is 3. The Kier molecular flexibility index (Phi) is 4.10. The van der Waals surface area contributed by atoms with Crippen molar-refractivity contribution >= 4 is 26.7 Å². The molecule has 1 saturated heterocycles. The standard InChI is InChI=1S/C26H25NO3S/c1-16-9-12-18(13-10-16)31(29,30)27-24-8-4-7-21-20-14-11-17-5-2-3-6-19(17)22(20)15-23(25(21)24)26(27)28/h2-3,5-6,9-14,21,23-25H,4,7-8,15H2,1H3/t21-,23?,24?,25?/m1/s1. The van der Waals surface area contributed by atoms with E-state index in [1.165, 1.54) is 26.2 Å². The first-order valence-corrected chi connectivity index (χ1v) is 12.6. The van der Waals surface area contributed by atoms with Crippen LogP contribution in [0.4, 0.5) is 0 Å². The molecule has 4 atom stereocenters. The lowest BCUT2D eigenvalue weighted by Gasteiger charge is -2.41. The third kappa shape index (κ3) is 2.65. The Balaban J connectivity index is 1.48. The Morgan fingerprint density at radius 1 is 0.903 bits per heavy atom. The van der Waals surface area contributed by atoms with E-state index in [2.05, 4.69) is 24.3 Å². The van der Waals surface area contributed by atoms with Crippen LogP contribution in [0.3, 0.4) is 0 Å². The van der Waals surface area contributed by atoms with Crippen molar-refractivity contribution in [1.29, 1.82) is 0 Å². The highest BCUT2D eigenvalue weighted by molar-refractivity contribution is 7.89. The van der Waals surface area contributed by atoms with Crippen molar-refractivity contribution in [3.05, 3.63) is 77.4 Å². The van der Waals surface area contributed by atoms with Gasteiger partial charge in [-0.15, -0.1) is 0 Å². The average molecular weight is 432 g/mol. The van der Waals surface area contributed by atoms with Crippen LogP contribution in [-0.2, 0) is 21.2 Å². The summed E-state index contributed by atoms with van der Waals surface area (Å²) < 4.78 is 28.5. The lowest BCUT2D eigenvalue weighted by Crippen LogP contribution is -2.43. The predicted octanol–water partition coefficient (Wildman–Crippen LogP) is 4.80. The monoisotopic (exact) mass is 431 g/mol. The van der Waals surface area contributed by atoms with E-state index < -0.39 is 10.0 Å². The van der Waals surface area contributed by atoms with E-state index in [0.29, 0.717) is 6.42 Å². The highest BCUT2D eigenvalue weighted by Gasteiger charge is 2.58. The molecule has 31 heavy (non-hydrogen) atoms. The smallest absolute Gasteiger partial charge is 0.266 e. The summed E-state index contributed by atoms with van der Waals surface area (Å²) in [7, 11) is -3.86. The molecule has 2 aliphatic carbocycles. The number of aryl methyl sites for hydroxylation is 1. The van der Waals surface area contributed by atoms with Gasteiger partial charge in [0.25, 0.3) is 10.0 Å². The van der Waals surface area contributed by atoms with Crippen molar-refractivity contribution in [3.63, 3.8) is 0 Å². The molecule has 0 bridgehead atoms. The Hall–Kier alpha value is -2.66. The quantitative estimate of drug-likeness (QED) is 0.585. The maximum Gasteiger partial charge on any atom is 0.266 e. The van der Waals surface area contributed by atoms with Crippen molar-refractivity contribution < 1.29 is 13.2 Å². The van der Waals surface area contributed by atoms with Crippen LogP contribution in [0.15, 0.2) is 65.6 Å². The fourth-order valence-electron chi connectivity index (χ4n) is 6.37.